The maximum atomic E-state index is 13.4. The summed E-state index contributed by atoms with van der Waals surface area (Å²) in [5, 5.41) is 2.62. The minimum absolute atomic E-state index is 0.0129. The van der Waals surface area contributed by atoms with E-state index in [0.29, 0.717) is 12.0 Å². The Morgan fingerprint density at radius 1 is 1.56 bits per heavy atom. The van der Waals surface area contributed by atoms with Gasteiger partial charge in [0.2, 0.25) is 5.91 Å². The second kappa shape index (κ2) is 4.36. The molecule has 0 saturated heterocycles. The van der Waals surface area contributed by atoms with E-state index in [1.807, 2.05) is 0 Å². The van der Waals surface area contributed by atoms with Crippen molar-refractivity contribution in [1.82, 2.24) is 5.32 Å². The van der Waals surface area contributed by atoms with Gasteiger partial charge in [0.25, 0.3) is 0 Å². The summed E-state index contributed by atoms with van der Waals surface area (Å²) in [6.45, 7) is 0.235. The molecule has 0 aromatic heterocycles. The summed E-state index contributed by atoms with van der Waals surface area (Å²) in [6.07, 6.45) is 5.75. The van der Waals surface area contributed by atoms with Crippen LogP contribution >= 0.6 is 0 Å². The second-order valence-electron chi connectivity index (χ2n) is 3.89. The molecule has 2 nitrogen and oxygen atoms in total. The lowest BCUT2D eigenvalue weighted by atomic mass is 10.1. The molecule has 1 aromatic rings. The van der Waals surface area contributed by atoms with Crippen molar-refractivity contribution in [2.24, 2.45) is 5.92 Å². The van der Waals surface area contributed by atoms with E-state index in [0.717, 1.165) is 0 Å². The molecule has 3 heteroatoms. The van der Waals surface area contributed by atoms with Crippen LogP contribution in [0.1, 0.15) is 17.9 Å². The van der Waals surface area contributed by atoms with Crippen LogP contribution in [0.2, 0.25) is 0 Å². The molecule has 0 radical (unpaired) electrons. The summed E-state index contributed by atoms with van der Waals surface area (Å²) in [4.78, 5) is 11.5. The number of benzene rings is 1. The summed E-state index contributed by atoms with van der Waals surface area (Å²) in [5.41, 5.74) is 0.628. The van der Waals surface area contributed by atoms with Crippen molar-refractivity contribution in [3.8, 4) is 12.3 Å². The number of hydrogen-bond acceptors (Lipinski definition) is 1. The Balaban J connectivity index is 1.99. The van der Waals surface area contributed by atoms with Gasteiger partial charge in [-0.3, -0.25) is 4.79 Å². The highest BCUT2D eigenvalue weighted by Gasteiger charge is 2.44. The molecule has 0 heterocycles. The van der Waals surface area contributed by atoms with Crippen molar-refractivity contribution in [2.75, 3.05) is 6.54 Å². The molecule has 1 N–H and O–H groups in total. The molecule has 0 aliphatic heterocycles. The Bertz CT molecular complexity index is 449. The third-order valence-corrected chi connectivity index (χ3v) is 2.80. The molecule has 1 aliphatic rings. The van der Waals surface area contributed by atoms with Crippen LogP contribution in [-0.2, 0) is 4.79 Å². The Morgan fingerprint density at radius 2 is 2.31 bits per heavy atom. The number of halogens is 1. The maximum Gasteiger partial charge on any atom is 0.224 e. The molecule has 1 saturated carbocycles. The van der Waals surface area contributed by atoms with Gasteiger partial charge in [0.1, 0.15) is 5.82 Å². The van der Waals surface area contributed by atoms with Gasteiger partial charge in [-0.2, -0.15) is 0 Å². The molecular formula is C13H12FNO. The minimum atomic E-state index is -0.236. The van der Waals surface area contributed by atoms with E-state index in [4.69, 9.17) is 6.42 Å². The topological polar surface area (TPSA) is 29.1 Å². The van der Waals surface area contributed by atoms with E-state index in [-0.39, 0.29) is 30.1 Å². The predicted molar refractivity (Wildman–Crippen MR) is 59.1 cm³/mol. The first-order valence-corrected chi connectivity index (χ1v) is 5.19. The summed E-state index contributed by atoms with van der Waals surface area (Å²) in [5.74, 6) is 1.92. The summed E-state index contributed by atoms with van der Waals surface area (Å²) >= 11 is 0. The fourth-order valence-electron chi connectivity index (χ4n) is 1.87. The number of rotatable bonds is 3. The molecule has 2 unspecified atom stereocenters. The zero-order valence-electron chi connectivity index (χ0n) is 8.74. The van der Waals surface area contributed by atoms with Gasteiger partial charge in [0.15, 0.2) is 0 Å². The Hall–Kier alpha value is -1.82. The van der Waals surface area contributed by atoms with Crippen molar-refractivity contribution < 1.29 is 9.18 Å². The Kier molecular flexibility index (Phi) is 2.91. The lowest BCUT2D eigenvalue weighted by molar-refractivity contribution is -0.122. The van der Waals surface area contributed by atoms with E-state index in [1.54, 1.807) is 18.2 Å². The standard InChI is InChI=1S/C13H12FNO/c1-2-7-15-13(16)11-8-10(11)9-5-3-4-6-12(9)14/h1,3-6,10-11H,7-8H2,(H,15,16). The van der Waals surface area contributed by atoms with Crippen LogP contribution in [0.5, 0.6) is 0 Å². The van der Waals surface area contributed by atoms with Crippen molar-refractivity contribution >= 4 is 5.91 Å². The molecule has 0 bridgehead atoms. The smallest absolute Gasteiger partial charge is 0.224 e. The fraction of sp³-hybridized carbons (Fsp3) is 0.308. The van der Waals surface area contributed by atoms with Crippen molar-refractivity contribution in [3.63, 3.8) is 0 Å². The van der Waals surface area contributed by atoms with Gasteiger partial charge >= 0.3 is 0 Å². The molecule has 16 heavy (non-hydrogen) atoms. The van der Waals surface area contributed by atoms with Crippen LogP contribution < -0.4 is 5.32 Å². The first kappa shape index (κ1) is 10.7. The quantitative estimate of drug-likeness (QED) is 0.767. The third-order valence-electron chi connectivity index (χ3n) is 2.80. The Morgan fingerprint density at radius 3 is 3.00 bits per heavy atom. The molecule has 0 spiro atoms. The van der Waals surface area contributed by atoms with E-state index >= 15 is 0 Å². The first-order chi connectivity index (χ1) is 7.74. The van der Waals surface area contributed by atoms with Crippen LogP contribution in [-0.4, -0.2) is 12.5 Å². The van der Waals surface area contributed by atoms with Gasteiger partial charge in [0.05, 0.1) is 6.54 Å². The largest absolute Gasteiger partial charge is 0.345 e. The summed E-state index contributed by atoms with van der Waals surface area (Å²) < 4.78 is 13.4. The van der Waals surface area contributed by atoms with E-state index < -0.39 is 0 Å². The molecule has 1 amide bonds. The number of carbonyl (C=O) groups is 1. The number of carbonyl (C=O) groups excluding carboxylic acids is 1. The van der Waals surface area contributed by atoms with Crippen LogP contribution in [0.3, 0.4) is 0 Å². The molecule has 2 rings (SSSR count). The SMILES string of the molecule is C#CCNC(=O)C1CC1c1ccccc1F. The number of terminal acetylenes is 1. The third kappa shape index (κ3) is 2.06. The van der Waals surface area contributed by atoms with Crippen LogP contribution in [0.25, 0.3) is 0 Å². The zero-order valence-corrected chi connectivity index (χ0v) is 8.74. The summed E-state index contributed by atoms with van der Waals surface area (Å²) in [6, 6.07) is 6.58. The van der Waals surface area contributed by atoms with E-state index in [1.165, 1.54) is 6.07 Å². The van der Waals surface area contributed by atoms with Gasteiger partial charge in [0, 0.05) is 5.92 Å². The second-order valence-corrected chi connectivity index (χ2v) is 3.89. The number of amides is 1. The normalized spacial score (nSPS) is 22.2. The van der Waals surface area contributed by atoms with E-state index in [9.17, 15) is 9.18 Å². The fourth-order valence-corrected chi connectivity index (χ4v) is 1.87. The number of nitrogens with one attached hydrogen (secondary N) is 1. The average molecular weight is 217 g/mol. The van der Waals surface area contributed by atoms with Crippen molar-refractivity contribution in [1.29, 1.82) is 0 Å². The highest BCUT2D eigenvalue weighted by atomic mass is 19.1. The predicted octanol–water partition coefficient (Wildman–Crippen LogP) is 1.68. The molecule has 1 fully saturated rings. The van der Waals surface area contributed by atoms with Gasteiger partial charge in [-0.15, -0.1) is 6.42 Å². The van der Waals surface area contributed by atoms with Gasteiger partial charge in [-0.25, -0.2) is 4.39 Å². The van der Waals surface area contributed by atoms with Crippen molar-refractivity contribution in [2.45, 2.75) is 12.3 Å². The monoisotopic (exact) mass is 217 g/mol. The molecule has 2 atom stereocenters. The lowest BCUT2D eigenvalue weighted by Crippen LogP contribution is -2.25. The van der Waals surface area contributed by atoms with Gasteiger partial charge in [-0.1, -0.05) is 24.1 Å². The zero-order chi connectivity index (χ0) is 11.5. The first-order valence-electron chi connectivity index (χ1n) is 5.19. The average Bonchev–Trinajstić information content (AvgIpc) is 3.06. The van der Waals surface area contributed by atoms with Crippen LogP contribution in [0, 0.1) is 24.1 Å². The van der Waals surface area contributed by atoms with Crippen LogP contribution in [0.4, 0.5) is 4.39 Å². The van der Waals surface area contributed by atoms with Crippen LogP contribution in [0.15, 0.2) is 24.3 Å². The molecular weight excluding hydrogens is 205 g/mol. The molecule has 82 valence electrons. The minimum Gasteiger partial charge on any atom is -0.345 e. The molecule has 1 aliphatic carbocycles. The molecule has 1 aromatic carbocycles. The highest BCUT2D eigenvalue weighted by Crippen LogP contribution is 2.48. The highest BCUT2D eigenvalue weighted by molar-refractivity contribution is 5.83. The number of hydrogen-bond donors (Lipinski definition) is 1. The van der Waals surface area contributed by atoms with Gasteiger partial charge < -0.3 is 5.32 Å². The van der Waals surface area contributed by atoms with Gasteiger partial charge in [-0.05, 0) is 24.0 Å². The maximum absolute atomic E-state index is 13.4. The van der Waals surface area contributed by atoms with Crippen molar-refractivity contribution in [3.05, 3.63) is 35.6 Å². The lowest BCUT2D eigenvalue weighted by Gasteiger charge is -2.02. The van der Waals surface area contributed by atoms with E-state index in [2.05, 4.69) is 11.2 Å². The summed E-state index contributed by atoms with van der Waals surface area (Å²) in [7, 11) is 0. The Labute approximate surface area is 93.9 Å².